The molecule has 2 N–H and O–H groups in total. The Labute approximate surface area is 151 Å². The molecule has 7 heteroatoms. The van der Waals surface area contributed by atoms with Gasteiger partial charge in [-0.1, -0.05) is 18.2 Å². The van der Waals surface area contributed by atoms with E-state index in [0.29, 0.717) is 25.1 Å². The summed E-state index contributed by atoms with van der Waals surface area (Å²) in [6.45, 7) is 3.20. The minimum atomic E-state index is -0.280. The standard InChI is InChI=1S/C19H22FN3O3/c1-12-6-7-18(26-12)16-8-17(22-21-16)19(24)23-9-14(10-23)25-11-13-4-2-3-5-15(13)20/h2-7,14,16-17,21-22H,8-11H2,1H3. The SMILES string of the molecule is Cc1ccc(C2CC(C(=O)N3CC(OCc4ccccc4F)C3)NN2)o1. The molecule has 2 unspecified atom stereocenters. The van der Waals surface area contributed by atoms with Crippen LogP contribution in [0.5, 0.6) is 0 Å². The number of amides is 1. The Morgan fingerprint density at radius 2 is 2.08 bits per heavy atom. The summed E-state index contributed by atoms with van der Waals surface area (Å²) in [5, 5.41) is 0. The third kappa shape index (κ3) is 3.51. The number of hydrogen-bond acceptors (Lipinski definition) is 5. The number of furan rings is 1. The predicted molar refractivity (Wildman–Crippen MR) is 92.4 cm³/mol. The van der Waals surface area contributed by atoms with Crippen molar-refractivity contribution in [3.05, 3.63) is 59.3 Å². The Morgan fingerprint density at radius 3 is 2.81 bits per heavy atom. The van der Waals surface area contributed by atoms with Gasteiger partial charge in [-0.3, -0.25) is 4.79 Å². The van der Waals surface area contributed by atoms with Gasteiger partial charge >= 0.3 is 0 Å². The lowest BCUT2D eigenvalue weighted by molar-refractivity contribution is -0.148. The maximum atomic E-state index is 13.6. The van der Waals surface area contributed by atoms with Gasteiger partial charge in [0.2, 0.25) is 5.91 Å². The Bertz CT molecular complexity index is 788. The van der Waals surface area contributed by atoms with Crippen LogP contribution in [0.3, 0.4) is 0 Å². The summed E-state index contributed by atoms with van der Waals surface area (Å²) in [7, 11) is 0. The quantitative estimate of drug-likeness (QED) is 0.856. The van der Waals surface area contributed by atoms with Crippen LogP contribution >= 0.6 is 0 Å². The number of rotatable bonds is 5. The van der Waals surface area contributed by atoms with Crippen molar-refractivity contribution in [2.45, 2.75) is 38.1 Å². The molecule has 1 aromatic heterocycles. The molecule has 1 amide bonds. The van der Waals surface area contributed by atoms with Crippen molar-refractivity contribution in [3.63, 3.8) is 0 Å². The highest BCUT2D eigenvalue weighted by atomic mass is 19.1. The lowest BCUT2D eigenvalue weighted by Gasteiger charge is -2.40. The second-order valence-electron chi connectivity index (χ2n) is 6.85. The molecule has 2 aromatic rings. The van der Waals surface area contributed by atoms with Crippen LogP contribution < -0.4 is 10.9 Å². The first-order valence-corrected chi connectivity index (χ1v) is 8.81. The fourth-order valence-electron chi connectivity index (χ4n) is 3.31. The van der Waals surface area contributed by atoms with Gasteiger partial charge < -0.3 is 14.1 Å². The Hall–Kier alpha value is -2.22. The van der Waals surface area contributed by atoms with Gasteiger partial charge in [0.1, 0.15) is 23.4 Å². The molecule has 1 aromatic carbocycles. The van der Waals surface area contributed by atoms with E-state index >= 15 is 0 Å². The summed E-state index contributed by atoms with van der Waals surface area (Å²) >= 11 is 0. The van der Waals surface area contributed by atoms with Crippen molar-refractivity contribution in [3.8, 4) is 0 Å². The molecule has 0 saturated carbocycles. The highest BCUT2D eigenvalue weighted by molar-refractivity contribution is 5.83. The van der Waals surface area contributed by atoms with Gasteiger partial charge in [-0.2, -0.15) is 0 Å². The summed E-state index contributed by atoms with van der Waals surface area (Å²) in [6.07, 6.45) is 0.597. The first-order valence-electron chi connectivity index (χ1n) is 8.81. The fraction of sp³-hybridized carbons (Fsp3) is 0.421. The summed E-state index contributed by atoms with van der Waals surface area (Å²) < 4.78 is 24.9. The fourth-order valence-corrected chi connectivity index (χ4v) is 3.31. The van der Waals surface area contributed by atoms with Crippen molar-refractivity contribution in [2.75, 3.05) is 13.1 Å². The molecule has 2 atom stereocenters. The highest BCUT2D eigenvalue weighted by Crippen LogP contribution is 2.26. The summed E-state index contributed by atoms with van der Waals surface area (Å²) in [6, 6.07) is 10.1. The van der Waals surface area contributed by atoms with Gasteiger partial charge in [-0.15, -0.1) is 0 Å². The number of nitrogens with one attached hydrogen (secondary N) is 2. The van der Waals surface area contributed by atoms with E-state index < -0.39 is 0 Å². The number of carbonyl (C=O) groups excluding carboxylic acids is 1. The van der Waals surface area contributed by atoms with Crippen LogP contribution in [0.15, 0.2) is 40.8 Å². The predicted octanol–water partition coefficient (Wildman–Crippen LogP) is 2.06. The molecule has 6 nitrogen and oxygen atoms in total. The first-order chi connectivity index (χ1) is 12.6. The maximum Gasteiger partial charge on any atom is 0.241 e. The lowest BCUT2D eigenvalue weighted by atomic mass is 10.0. The molecule has 2 saturated heterocycles. The van der Waals surface area contributed by atoms with Crippen molar-refractivity contribution in [1.29, 1.82) is 0 Å². The van der Waals surface area contributed by atoms with Crippen molar-refractivity contribution >= 4 is 5.91 Å². The zero-order valence-electron chi connectivity index (χ0n) is 14.6. The van der Waals surface area contributed by atoms with Crippen LogP contribution in [0.4, 0.5) is 4.39 Å². The van der Waals surface area contributed by atoms with Crippen molar-refractivity contribution < 1.29 is 18.3 Å². The Morgan fingerprint density at radius 1 is 1.27 bits per heavy atom. The molecule has 0 aliphatic carbocycles. The molecule has 3 heterocycles. The molecule has 0 spiro atoms. The highest BCUT2D eigenvalue weighted by Gasteiger charge is 2.39. The van der Waals surface area contributed by atoms with E-state index in [9.17, 15) is 9.18 Å². The van der Waals surface area contributed by atoms with E-state index in [1.165, 1.54) is 6.07 Å². The minimum Gasteiger partial charge on any atom is -0.465 e. The molecule has 26 heavy (non-hydrogen) atoms. The van der Waals surface area contributed by atoms with Crippen LogP contribution in [-0.2, 0) is 16.1 Å². The van der Waals surface area contributed by atoms with E-state index in [4.69, 9.17) is 9.15 Å². The smallest absolute Gasteiger partial charge is 0.241 e. The molecule has 2 aliphatic heterocycles. The second-order valence-corrected chi connectivity index (χ2v) is 6.85. The number of hydrazine groups is 1. The van der Waals surface area contributed by atoms with Gasteiger partial charge in [0.05, 0.1) is 18.8 Å². The van der Waals surface area contributed by atoms with Crippen LogP contribution in [0, 0.1) is 12.7 Å². The molecule has 2 aliphatic rings. The van der Waals surface area contributed by atoms with Gasteiger partial charge in [0, 0.05) is 18.7 Å². The molecular formula is C19H22FN3O3. The molecular weight excluding hydrogens is 337 g/mol. The number of nitrogens with zero attached hydrogens (tertiary/aromatic N) is 1. The number of likely N-dealkylation sites (tertiary alicyclic amines) is 1. The van der Waals surface area contributed by atoms with Crippen LogP contribution in [0.1, 0.15) is 29.5 Å². The van der Waals surface area contributed by atoms with Gasteiger partial charge in [-0.25, -0.2) is 15.2 Å². The summed E-state index contributed by atoms with van der Waals surface area (Å²) in [4.78, 5) is 14.3. The van der Waals surface area contributed by atoms with Crippen molar-refractivity contribution in [2.24, 2.45) is 0 Å². The van der Waals surface area contributed by atoms with E-state index in [1.807, 2.05) is 19.1 Å². The largest absolute Gasteiger partial charge is 0.465 e. The molecule has 4 rings (SSSR count). The third-order valence-corrected chi connectivity index (χ3v) is 4.90. The maximum absolute atomic E-state index is 13.6. The number of hydrogen-bond donors (Lipinski definition) is 2. The average molecular weight is 359 g/mol. The van der Waals surface area contributed by atoms with Crippen LogP contribution in [0.25, 0.3) is 0 Å². The van der Waals surface area contributed by atoms with E-state index in [-0.39, 0.29) is 36.5 Å². The minimum absolute atomic E-state index is 0.00738. The number of halogens is 1. The normalized spacial score (nSPS) is 23.2. The second kappa shape index (κ2) is 7.19. The van der Waals surface area contributed by atoms with Crippen LogP contribution in [0.2, 0.25) is 0 Å². The molecule has 138 valence electrons. The summed E-state index contributed by atoms with van der Waals surface area (Å²) in [5.41, 5.74) is 6.71. The van der Waals surface area contributed by atoms with Gasteiger partial charge in [-0.05, 0) is 31.5 Å². The van der Waals surface area contributed by atoms with Crippen LogP contribution in [-0.4, -0.2) is 36.0 Å². The monoisotopic (exact) mass is 359 g/mol. The van der Waals surface area contributed by atoms with Gasteiger partial charge in [0.25, 0.3) is 0 Å². The van der Waals surface area contributed by atoms with E-state index in [0.717, 1.165) is 11.5 Å². The average Bonchev–Trinajstić information content (AvgIpc) is 3.23. The zero-order valence-corrected chi connectivity index (χ0v) is 14.6. The molecule has 0 bridgehead atoms. The van der Waals surface area contributed by atoms with E-state index in [1.54, 1.807) is 23.1 Å². The zero-order chi connectivity index (χ0) is 18.1. The molecule has 0 radical (unpaired) electrons. The third-order valence-electron chi connectivity index (χ3n) is 4.90. The van der Waals surface area contributed by atoms with Gasteiger partial charge in [0.15, 0.2) is 0 Å². The number of carbonyl (C=O) groups is 1. The molecule has 2 fully saturated rings. The Kier molecular flexibility index (Phi) is 4.76. The van der Waals surface area contributed by atoms with Crippen molar-refractivity contribution in [1.82, 2.24) is 15.8 Å². The summed E-state index contributed by atoms with van der Waals surface area (Å²) in [5.74, 6) is 1.48. The lowest BCUT2D eigenvalue weighted by Crippen LogP contribution is -2.59. The number of ether oxygens (including phenoxy) is 1. The first kappa shape index (κ1) is 17.2. The Balaban J connectivity index is 1.23. The topological polar surface area (TPSA) is 66.7 Å². The number of benzene rings is 1. The number of aryl methyl sites for hydroxylation is 1. The van der Waals surface area contributed by atoms with E-state index in [2.05, 4.69) is 10.9 Å².